The average Bonchev–Trinajstić information content (AvgIpc) is 2.67. The fourth-order valence-electron chi connectivity index (χ4n) is 2.97. The normalized spacial score (nSPS) is 16.4. The zero-order chi connectivity index (χ0) is 21.0. The third-order valence-electron chi connectivity index (χ3n) is 4.40. The number of rotatable bonds is 6. The molecule has 0 aromatic heterocycles. The van der Waals surface area contributed by atoms with E-state index in [0.717, 1.165) is 10.6 Å². The van der Waals surface area contributed by atoms with E-state index < -0.39 is 23.2 Å². The first-order valence-corrected chi connectivity index (χ1v) is 9.97. The Kier molecular flexibility index (Phi) is 6.53. The van der Waals surface area contributed by atoms with Crippen molar-refractivity contribution in [3.05, 3.63) is 59.9 Å². The van der Waals surface area contributed by atoms with Crippen LogP contribution in [0.2, 0.25) is 0 Å². The van der Waals surface area contributed by atoms with Gasteiger partial charge in [-0.3, -0.25) is 14.4 Å². The minimum absolute atomic E-state index is 0.143. The molecule has 8 heteroatoms. The number of carbonyl (C=O) groups excluding carboxylic acids is 3. The van der Waals surface area contributed by atoms with E-state index in [4.69, 9.17) is 4.74 Å². The highest BCUT2D eigenvalue weighted by molar-refractivity contribution is 8.01. The van der Waals surface area contributed by atoms with Crippen molar-refractivity contribution in [3.8, 4) is 0 Å². The summed E-state index contributed by atoms with van der Waals surface area (Å²) in [6.45, 7) is 1.67. The van der Waals surface area contributed by atoms with Gasteiger partial charge in [-0.05, 0) is 36.8 Å². The van der Waals surface area contributed by atoms with E-state index in [1.807, 2.05) is 18.2 Å². The van der Waals surface area contributed by atoms with Gasteiger partial charge in [-0.2, -0.15) is 0 Å². The number of para-hydroxylation sites is 1. The molecule has 2 aromatic carbocycles. The van der Waals surface area contributed by atoms with Crippen LogP contribution in [0.1, 0.15) is 18.9 Å². The molecule has 1 aliphatic rings. The van der Waals surface area contributed by atoms with Crippen molar-refractivity contribution in [1.82, 2.24) is 4.90 Å². The van der Waals surface area contributed by atoms with E-state index in [1.54, 1.807) is 25.2 Å². The molecule has 0 fully saturated rings. The summed E-state index contributed by atoms with van der Waals surface area (Å²) >= 11 is 1.29. The number of nitrogens with zero attached hydrogens (tertiary/aromatic N) is 1. The fraction of sp³-hybridized carbons (Fsp3) is 0.286. The average molecular weight is 416 g/mol. The van der Waals surface area contributed by atoms with Crippen LogP contribution in [0.15, 0.2) is 53.4 Å². The first-order valence-electron chi connectivity index (χ1n) is 9.09. The lowest BCUT2D eigenvalue weighted by molar-refractivity contribution is -0.159. The van der Waals surface area contributed by atoms with E-state index in [9.17, 15) is 18.8 Å². The quantitative estimate of drug-likeness (QED) is 0.732. The number of esters is 1. The van der Waals surface area contributed by atoms with Crippen molar-refractivity contribution >= 4 is 35.2 Å². The Bertz CT molecular complexity index is 936. The third-order valence-corrected chi connectivity index (χ3v) is 5.67. The topological polar surface area (TPSA) is 75.7 Å². The van der Waals surface area contributed by atoms with Crippen LogP contribution in [0, 0.1) is 5.82 Å². The van der Waals surface area contributed by atoms with Crippen LogP contribution in [0.25, 0.3) is 0 Å². The van der Waals surface area contributed by atoms with Gasteiger partial charge in [0, 0.05) is 18.5 Å². The molecule has 2 aromatic rings. The number of fused-ring (bicyclic) bond motifs is 1. The number of carbonyl (C=O) groups is 3. The van der Waals surface area contributed by atoms with Crippen LogP contribution < -0.4 is 5.32 Å². The highest BCUT2D eigenvalue weighted by atomic mass is 32.2. The summed E-state index contributed by atoms with van der Waals surface area (Å²) in [7, 11) is 1.55. The molecular formula is C21H21FN2O4S. The molecule has 0 aliphatic carbocycles. The number of likely N-dealkylation sites (N-methyl/N-ethyl adjacent to an activating group) is 1. The summed E-state index contributed by atoms with van der Waals surface area (Å²) in [5.41, 5.74) is 1.35. The number of halogens is 1. The Morgan fingerprint density at radius 3 is 2.76 bits per heavy atom. The van der Waals surface area contributed by atoms with Gasteiger partial charge in [-0.1, -0.05) is 24.3 Å². The molecule has 2 amide bonds. The fourth-order valence-corrected chi connectivity index (χ4v) is 4.07. The van der Waals surface area contributed by atoms with Crippen LogP contribution in [0.4, 0.5) is 10.1 Å². The number of amides is 2. The van der Waals surface area contributed by atoms with E-state index in [-0.39, 0.29) is 24.7 Å². The summed E-state index contributed by atoms with van der Waals surface area (Å²) in [5.74, 6) is -1.69. The smallest absolute Gasteiger partial charge is 0.308 e. The van der Waals surface area contributed by atoms with Crippen molar-refractivity contribution in [2.75, 3.05) is 12.4 Å². The molecule has 2 atom stereocenters. The van der Waals surface area contributed by atoms with Crippen molar-refractivity contribution in [1.29, 1.82) is 0 Å². The first kappa shape index (κ1) is 20.9. The monoisotopic (exact) mass is 416 g/mol. The number of hydrogen-bond acceptors (Lipinski definition) is 5. The number of thioether (sulfide) groups is 1. The van der Waals surface area contributed by atoms with Gasteiger partial charge in [0.15, 0.2) is 6.10 Å². The Morgan fingerprint density at radius 1 is 1.24 bits per heavy atom. The maximum atomic E-state index is 13.3. The zero-order valence-electron chi connectivity index (χ0n) is 16.1. The van der Waals surface area contributed by atoms with E-state index in [1.165, 1.54) is 35.7 Å². The van der Waals surface area contributed by atoms with Crippen LogP contribution in [-0.2, 0) is 25.7 Å². The largest absolute Gasteiger partial charge is 0.452 e. The maximum absolute atomic E-state index is 13.3. The predicted molar refractivity (Wildman–Crippen MR) is 108 cm³/mol. The van der Waals surface area contributed by atoms with E-state index in [0.29, 0.717) is 5.56 Å². The summed E-state index contributed by atoms with van der Waals surface area (Å²) in [4.78, 5) is 39.2. The third kappa shape index (κ3) is 5.35. The van der Waals surface area contributed by atoms with Gasteiger partial charge in [0.05, 0.1) is 17.4 Å². The van der Waals surface area contributed by atoms with Crippen LogP contribution in [0.5, 0.6) is 0 Å². The van der Waals surface area contributed by atoms with E-state index >= 15 is 0 Å². The van der Waals surface area contributed by atoms with Gasteiger partial charge in [-0.15, -0.1) is 11.8 Å². The second-order valence-electron chi connectivity index (χ2n) is 6.75. The molecule has 0 radical (unpaired) electrons. The first-order chi connectivity index (χ1) is 13.8. The molecule has 1 aliphatic heterocycles. The second kappa shape index (κ2) is 9.09. The molecule has 3 rings (SSSR count). The second-order valence-corrected chi connectivity index (χ2v) is 8.00. The maximum Gasteiger partial charge on any atom is 0.308 e. The number of ether oxygens (including phenoxy) is 1. The molecule has 1 heterocycles. The lowest BCUT2D eigenvalue weighted by atomic mass is 10.2. The molecule has 0 saturated heterocycles. The van der Waals surface area contributed by atoms with E-state index in [2.05, 4.69) is 5.32 Å². The van der Waals surface area contributed by atoms with Gasteiger partial charge in [0.2, 0.25) is 5.91 Å². The standard InChI is InChI=1S/C21H21FN2O4S/c1-13(21(27)24(2)12-14-6-5-7-15(22)10-14)28-19(25)11-18-20(26)23-16-8-3-4-9-17(16)29-18/h3-10,13,18H,11-12H2,1-2H3,(H,23,26)/t13-,18+/m0/s1. The Labute approximate surface area is 172 Å². The zero-order valence-corrected chi connectivity index (χ0v) is 16.9. The summed E-state index contributed by atoms with van der Waals surface area (Å²) in [6, 6.07) is 13.3. The molecule has 0 bridgehead atoms. The molecular weight excluding hydrogens is 395 g/mol. The SMILES string of the molecule is C[C@H](OC(=O)C[C@H]1Sc2ccccc2NC1=O)C(=O)N(C)Cc1cccc(F)c1. The lowest BCUT2D eigenvalue weighted by Gasteiger charge is -2.25. The van der Waals surface area contributed by atoms with Crippen molar-refractivity contribution in [2.45, 2.75) is 36.1 Å². The molecule has 152 valence electrons. The number of anilines is 1. The molecule has 1 N–H and O–H groups in total. The molecule has 0 saturated carbocycles. The Balaban J connectivity index is 1.53. The van der Waals surface area contributed by atoms with Gasteiger partial charge in [0.25, 0.3) is 5.91 Å². The minimum atomic E-state index is -1.01. The van der Waals surface area contributed by atoms with Crippen LogP contribution in [0.3, 0.4) is 0 Å². The molecule has 0 spiro atoms. The number of nitrogens with one attached hydrogen (secondary N) is 1. The lowest BCUT2D eigenvalue weighted by Crippen LogP contribution is -2.38. The van der Waals surface area contributed by atoms with Gasteiger partial charge in [0.1, 0.15) is 5.82 Å². The molecule has 0 unspecified atom stereocenters. The summed E-state index contributed by atoms with van der Waals surface area (Å²) in [5, 5.41) is 2.15. The highest BCUT2D eigenvalue weighted by Crippen LogP contribution is 2.36. The predicted octanol–water partition coefficient (Wildman–Crippen LogP) is 3.22. The summed E-state index contributed by atoms with van der Waals surface area (Å²) in [6.07, 6.45) is -1.15. The van der Waals surface area contributed by atoms with Crippen molar-refractivity contribution in [2.24, 2.45) is 0 Å². The van der Waals surface area contributed by atoms with Crippen LogP contribution in [-0.4, -0.2) is 41.1 Å². The van der Waals surface area contributed by atoms with Crippen LogP contribution >= 0.6 is 11.8 Å². The molecule has 6 nitrogen and oxygen atoms in total. The minimum Gasteiger partial charge on any atom is -0.452 e. The van der Waals surface area contributed by atoms with Crippen molar-refractivity contribution in [3.63, 3.8) is 0 Å². The van der Waals surface area contributed by atoms with Gasteiger partial charge in [-0.25, -0.2) is 4.39 Å². The van der Waals surface area contributed by atoms with Crippen molar-refractivity contribution < 1.29 is 23.5 Å². The highest BCUT2D eigenvalue weighted by Gasteiger charge is 2.31. The Hall–Kier alpha value is -2.87. The van der Waals surface area contributed by atoms with Gasteiger partial charge >= 0.3 is 5.97 Å². The number of hydrogen-bond donors (Lipinski definition) is 1. The number of benzene rings is 2. The Morgan fingerprint density at radius 2 is 2.00 bits per heavy atom. The summed E-state index contributed by atoms with van der Waals surface area (Å²) < 4.78 is 18.5. The molecule has 29 heavy (non-hydrogen) atoms. The van der Waals surface area contributed by atoms with Gasteiger partial charge < -0.3 is 15.0 Å².